The quantitative estimate of drug-likeness (QED) is 0.289. The average molecular weight is 464 g/mol. The lowest BCUT2D eigenvalue weighted by atomic mass is 9.95. The summed E-state index contributed by atoms with van der Waals surface area (Å²) in [5, 5.41) is 23.1. The Morgan fingerprint density at radius 3 is 2.48 bits per heavy atom. The Balaban J connectivity index is 1.76. The van der Waals surface area contributed by atoms with E-state index in [1.807, 2.05) is 17.5 Å². The number of carbonyl (C=O) groups excluding carboxylic acids is 2. The van der Waals surface area contributed by atoms with Gasteiger partial charge in [0, 0.05) is 10.4 Å². The topological polar surface area (TPSA) is 87.1 Å². The maximum Gasteiger partial charge on any atom is 0.295 e. The van der Waals surface area contributed by atoms with E-state index in [4.69, 9.17) is 4.74 Å². The van der Waals surface area contributed by atoms with Crippen molar-refractivity contribution in [2.75, 3.05) is 6.61 Å². The van der Waals surface area contributed by atoms with Crippen LogP contribution in [0.15, 0.2) is 71.6 Å². The van der Waals surface area contributed by atoms with E-state index < -0.39 is 17.7 Å². The van der Waals surface area contributed by atoms with Gasteiger partial charge in [-0.15, -0.1) is 11.3 Å². The van der Waals surface area contributed by atoms with Crippen LogP contribution in [0.2, 0.25) is 0 Å². The fraction of sp³-hybridized carbons (Fsp3) is 0.231. The first kappa shape index (κ1) is 22.6. The number of Topliss-reactive ketones (excluding diaryl/α,β-unsaturated/α-hetero) is 1. The van der Waals surface area contributed by atoms with E-state index in [0.29, 0.717) is 29.4 Å². The smallest absolute Gasteiger partial charge is 0.295 e. The van der Waals surface area contributed by atoms with Gasteiger partial charge in [0.15, 0.2) is 0 Å². The van der Waals surface area contributed by atoms with Crippen molar-refractivity contribution < 1.29 is 24.5 Å². The van der Waals surface area contributed by atoms with Crippen molar-refractivity contribution in [1.82, 2.24) is 4.90 Å². The van der Waals surface area contributed by atoms with Gasteiger partial charge in [-0.1, -0.05) is 32.0 Å². The number of rotatable bonds is 7. The molecule has 4 rings (SSSR count). The van der Waals surface area contributed by atoms with Gasteiger partial charge in [0.25, 0.3) is 11.7 Å². The minimum absolute atomic E-state index is 0.00185. The predicted octanol–water partition coefficient (Wildman–Crippen LogP) is 5.11. The highest BCUT2D eigenvalue weighted by molar-refractivity contribution is 7.09. The molecule has 3 aromatic rings. The molecule has 0 bridgehead atoms. The fourth-order valence-corrected chi connectivity index (χ4v) is 4.49. The number of phenolic OH excluding ortho intramolecular Hbond substituents is 1. The Bertz CT molecular complexity index is 1180. The highest BCUT2D eigenvalue weighted by Gasteiger charge is 2.46. The Hall–Kier alpha value is -3.58. The SMILES string of the molecule is CC(C)COc1ccc(/C(O)=C2/C(=O)C(=O)N(Cc3cccs3)C2c2cccc(O)c2)cc1. The molecule has 170 valence electrons. The lowest BCUT2D eigenvalue weighted by Crippen LogP contribution is -2.28. The minimum atomic E-state index is -0.823. The molecule has 0 saturated carbocycles. The van der Waals surface area contributed by atoms with Gasteiger partial charge in [0.05, 0.1) is 24.8 Å². The molecule has 1 saturated heterocycles. The second-order valence-electron chi connectivity index (χ2n) is 8.33. The number of ether oxygens (including phenoxy) is 1. The summed E-state index contributed by atoms with van der Waals surface area (Å²) in [6.45, 7) is 4.89. The molecule has 1 atom stereocenters. The zero-order chi connectivity index (χ0) is 23.5. The molecule has 0 spiro atoms. The summed E-state index contributed by atoms with van der Waals surface area (Å²) in [4.78, 5) is 28.4. The molecule has 7 heteroatoms. The summed E-state index contributed by atoms with van der Waals surface area (Å²) >= 11 is 1.48. The van der Waals surface area contributed by atoms with Gasteiger partial charge in [-0.25, -0.2) is 0 Å². The molecule has 1 aliphatic rings. The summed E-state index contributed by atoms with van der Waals surface area (Å²) in [5.41, 5.74) is 0.952. The Labute approximate surface area is 196 Å². The maximum atomic E-state index is 13.1. The van der Waals surface area contributed by atoms with Gasteiger partial charge < -0.3 is 19.8 Å². The number of benzene rings is 2. The normalized spacial score (nSPS) is 17.7. The lowest BCUT2D eigenvalue weighted by molar-refractivity contribution is -0.140. The number of thiophene rings is 1. The number of aliphatic hydroxyl groups is 1. The molecule has 6 nitrogen and oxygen atoms in total. The zero-order valence-electron chi connectivity index (χ0n) is 18.4. The number of hydrogen-bond acceptors (Lipinski definition) is 6. The molecule has 2 heterocycles. The fourth-order valence-electron chi connectivity index (χ4n) is 3.78. The molecule has 1 aliphatic heterocycles. The second-order valence-corrected chi connectivity index (χ2v) is 9.36. The van der Waals surface area contributed by atoms with E-state index in [2.05, 4.69) is 13.8 Å². The van der Waals surface area contributed by atoms with Crippen LogP contribution in [0.25, 0.3) is 5.76 Å². The Morgan fingerprint density at radius 1 is 1.09 bits per heavy atom. The number of aliphatic hydroxyl groups excluding tert-OH is 1. The number of amides is 1. The van der Waals surface area contributed by atoms with Crippen LogP contribution in [0.4, 0.5) is 0 Å². The van der Waals surface area contributed by atoms with Gasteiger partial charge in [-0.3, -0.25) is 9.59 Å². The van der Waals surface area contributed by atoms with E-state index in [0.717, 1.165) is 4.88 Å². The minimum Gasteiger partial charge on any atom is -0.508 e. The van der Waals surface area contributed by atoms with Gasteiger partial charge in [0.2, 0.25) is 0 Å². The van der Waals surface area contributed by atoms with Gasteiger partial charge in [0.1, 0.15) is 17.3 Å². The number of phenols is 1. The van der Waals surface area contributed by atoms with E-state index >= 15 is 0 Å². The molecule has 1 aromatic heterocycles. The van der Waals surface area contributed by atoms with Crippen LogP contribution in [-0.2, 0) is 16.1 Å². The highest BCUT2D eigenvalue weighted by atomic mass is 32.1. The largest absolute Gasteiger partial charge is 0.508 e. The number of aromatic hydroxyl groups is 1. The van der Waals surface area contributed by atoms with Crippen molar-refractivity contribution >= 4 is 28.8 Å². The van der Waals surface area contributed by atoms with Crippen LogP contribution in [0.5, 0.6) is 11.5 Å². The standard InChI is InChI=1S/C26H25NO5S/c1-16(2)15-32-20-10-8-17(9-11-20)24(29)22-23(18-5-3-6-19(28)13-18)27(26(31)25(22)30)14-21-7-4-12-33-21/h3-13,16,23,28-29H,14-15H2,1-2H3/b24-22-. The molecule has 2 aromatic carbocycles. The van der Waals surface area contributed by atoms with Crippen LogP contribution in [-0.4, -0.2) is 33.4 Å². The molecule has 33 heavy (non-hydrogen) atoms. The summed E-state index contributed by atoms with van der Waals surface area (Å²) in [6, 6.07) is 16.1. The van der Waals surface area contributed by atoms with Crippen molar-refractivity contribution in [1.29, 1.82) is 0 Å². The molecule has 0 aliphatic carbocycles. The summed E-state index contributed by atoms with van der Waals surface area (Å²) < 4.78 is 5.69. The number of ketones is 1. The zero-order valence-corrected chi connectivity index (χ0v) is 19.2. The van der Waals surface area contributed by atoms with Crippen LogP contribution < -0.4 is 4.74 Å². The van der Waals surface area contributed by atoms with Gasteiger partial charge in [-0.2, -0.15) is 0 Å². The van der Waals surface area contributed by atoms with E-state index in [9.17, 15) is 19.8 Å². The van der Waals surface area contributed by atoms with Crippen molar-refractivity contribution in [2.24, 2.45) is 5.92 Å². The first-order chi connectivity index (χ1) is 15.8. The predicted molar refractivity (Wildman–Crippen MR) is 127 cm³/mol. The van der Waals surface area contributed by atoms with Crippen molar-refractivity contribution in [3.63, 3.8) is 0 Å². The number of hydrogen-bond donors (Lipinski definition) is 2. The maximum absolute atomic E-state index is 13.1. The van der Waals surface area contributed by atoms with Crippen LogP contribution in [0.1, 0.15) is 35.9 Å². The van der Waals surface area contributed by atoms with Gasteiger partial charge in [-0.05, 0) is 59.3 Å². The van der Waals surface area contributed by atoms with Crippen LogP contribution in [0, 0.1) is 5.92 Å². The molecule has 1 fully saturated rings. The monoisotopic (exact) mass is 463 g/mol. The third-order valence-electron chi connectivity index (χ3n) is 5.34. The van der Waals surface area contributed by atoms with Crippen LogP contribution >= 0.6 is 11.3 Å². The van der Waals surface area contributed by atoms with Crippen LogP contribution in [0.3, 0.4) is 0 Å². The summed E-state index contributed by atoms with van der Waals surface area (Å²) in [5.74, 6) is -0.651. The molecule has 1 amide bonds. The molecule has 2 N–H and O–H groups in total. The third kappa shape index (κ3) is 4.78. The molecule has 0 radical (unpaired) electrons. The third-order valence-corrected chi connectivity index (χ3v) is 6.20. The van der Waals surface area contributed by atoms with Crippen molar-refractivity contribution in [3.8, 4) is 11.5 Å². The molecular formula is C26H25NO5S. The number of likely N-dealkylation sites (tertiary alicyclic amines) is 1. The summed E-state index contributed by atoms with van der Waals surface area (Å²) in [6.07, 6.45) is 0. The molecular weight excluding hydrogens is 438 g/mol. The summed E-state index contributed by atoms with van der Waals surface area (Å²) in [7, 11) is 0. The van der Waals surface area contributed by atoms with E-state index in [1.165, 1.54) is 28.4 Å². The number of nitrogens with zero attached hydrogens (tertiary/aromatic N) is 1. The average Bonchev–Trinajstić information content (AvgIpc) is 3.40. The second kappa shape index (κ2) is 9.50. The van der Waals surface area contributed by atoms with E-state index in [-0.39, 0.29) is 23.6 Å². The van der Waals surface area contributed by atoms with E-state index in [1.54, 1.807) is 36.4 Å². The van der Waals surface area contributed by atoms with Crippen molar-refractivity contribution in [3.05, 3.63) is 87.6 Å². The molecule has 1 unspecified atom stereocenters. The first-order valence-corrected chi connectivity index (χ1v) is 11.6. The lowest BCUT2D eigenvalue weighted by Gasteiger charge is -2.25. The van der Waals surface area contributed by atoms with Crippen molar-refractivity contribution in [2.45, 2.75) is 26.4 Å². The Kier molecular flexibility index (Phi) is 6.51. The first-order valence-electron chi connectivity index (χ1n) is 10.7. The Morgan fingerprint density at radius 2 is 1.85 bits per heavy atom. The number of carbonyl (C=O) groups is 2. The highest BCUT2D eigenvalue weighted by Crippen LogP contribution is 2.41. The van der Waals surface area contributed by atoms with Gasteiger partial charge >= 0.3 is 0 Å².